The second-order valence-corrected chi connectivity index (χ2v) is 3.39. The van der Waals surface area contributed by atoms with Crippen molar-refractivity contribution in [1.29, 1.82) is 0 Å². The highest BCUT2D eigenvalue weighted by Gasteiger charge is 2.24. The van der Waals surface area contributed by atoms with E-state index in [1.165, 1.54) is 6.92 Å². The van der Waals surface area contributed by atoms with Crippen molar-refractivity contribution in [2.24, 2.45) is 5.92 Å². The fourth-order valence-electron chi connectivity index (χ4n) is 1.42. The Hall–Kier alpha value is -1.38. The third-order valence-electron chi connectivity index (χ3n) is 2.21. The summed E-state index contributed by atoms with van der Waals surface area (Å²) in [5, 5.41) is 0. The fourth-order valence-corrected chi connectivity index (χ4v) is 1.42. The van der Waals surface area contributed by atoms with Crippen molar-refractivity contribution in [2.45, 2.75) is 20.3 Å². The summed E-state index contributed by atoms with van der Waals surface area (Å²) in [6, 6.07) is 0. The van der Waals surface area contributed by atoms with Gasteiger partial charge in [-0.1, -0.05) is 19.1 Å². The molecule has 1 atom stereocenters. The van der Waals surface area contributed by atoms with E-state index in [-0.39, 0.29) is 11.7 Å². The molecule has 0 aliphatic rings. The number of ketones is 1. The molecule has 0 aromatic carbocycles. The lowest BCUT2D eigenvalue weighted by atomic mass is 10.0. The largest absolute Gasteiger partial charge is 0.335 e. The summed E-state index contributed by atoms with van der Waals surface area (Å²) in [5.74, 6) is -0.740. The molecule has 0 aliphatic heterocycles. The zero-order chi connectivity index (χ0) is 11.8. The lowest BCUT2D eigenvalue weighted by molar-refractivity contribution is -0.139. The number of hydrogen-bond acceptors (Lipinski definition) is 2. The molecule has 3 nitrogen and oxygen atoms in total. The van der Waals surface area contributed by atoms with Gasteiger partial charge in [0.05, 0.1) is 5.92 Å². The molecule has 15 heavy (non-hydrogen) atoms. The minimum atomic E-state index is -0.523. The van der Waals surface area contributed by atoms with Gasteiger partial charge < -0.3 is 4.90 Å². The van der Waals surface area contributed by atoms with Crippen LogP contribution < -0.4 is 0 Å². The van der Waals surface area contributed by atoms with Crippen LogP contribution in [0.3, 0.4) is 0 Å². The zero-order valence-electron chi connectivity index (χ0n) is 9.53. The Morgan fingerprint density at radius 2 is 1.73 bits per heavy atom. The van der Waals surface area contributed by atoms with Gasteiger partial charge in [-0.15, -0.1) is 13.2 Å². The molecule has 0 radical (unpaired) electrons. The van der Waals surface area contributed by atoms with Crippen LogP contribution in [0.15, 0.2) is 25.3 Å². The van der Waals surface area contributed by atoms with Crippen LogP contribution in [0.25, 0.3) is 0 Å². The Kier molecular flexibility index (Phi) is 6.34. The van der Waals surface area contributed by atoms with Gasteiger partial charge in [0, 0.05) is 13.1 Å². The quantitative estimate of drug-likeness (QED) is 0.473. The Morgan fingerprint density at radius 1 is 1.27 bits per heavy atom. The van der Waals surface area contributed by atoms with Crippen molar-refractivity contribution in [2.75, 3.05) is 13.1 Å². The summed E-state index contributed by atoms with van der Waals surface area (Å²) < 4.78 is 0. The Morgan fingerprint density at radius 3 is 2.00 bits per heavy atom. The molecule has 0 fully saturated rings. The number of Topliss-reactive ketones (excluding diaryl/α,β-unsaturated/α-hetero) is 1. The zero-order valence-corrected chi connectivity index (χ0v) is 9.53. The van der Waals surface area contributed by atoms with E-state index < -0.39 is 5.92 Å². The van der Waals surface area contributed by atoms with Gasteiger partial charge in [0.2, 0.25) is 5.91 Å². The molecule has 0 rings (SSSR count). The smallest absolute Gasteiger partial charge is 0.233 e. The highest BCUT2D eigenvalue weighted by Crippen LogP contribution is 2.09. The first kappa shape index (κ1) is 13.6. The van der Waals surface area contributed by atoms with Crippen molar-refractivity contribution in [1.82, 2.24) is 4.90 Å². The monoisotopic (exact) mass is 209 g/mol. The van der Waals surface area contributed by atoms with Crippen LogP contribution in [0.2, 0.25) is 0 Å². The second-order valence-electron chi connectivity index (χ2n) is 3.39. The molecule has 0 aromatic heterocycles. The molecule has 0 saturated carbocycles. The molecule has 0 aromatic rings. The lowest BCUT2D eigenvalue weighted by Gasteiger charge is -2.23. The lowest BCUT2D eigenvalue weighted by Crippen LogP contribution is -2.38. The Labute approximate surface area is 91.5 Å². The third kappa shape index (κ3) is 4.11. The molecule has 0 aliphatic carbocycles. The van der Waals surface area contributed by atoms with E-state index in [0.717, 1.165) is 0 Å². The molecular formula is C12H19NO2. The molecule has 1 amide bonds. The first-order valence-electron chi connectivity index (χ1n) is 5.09. The summed E-state index contributed by atoms with van der Waals surface area (Å²) in [6.07, 6.45) is 3.83. The maximum absolute atomic E-state index is 11.9. The van der Waals surface area contributed by atoms with Crippen LogP contribution in [-0.2, 0) is 9.59 Å². The third-order valence-corrected chi connectivity index (χ3v) is 2.21. The van der Waals surface area contributed by atoms with Gasteiger partial charge in [0.25, 0.3) is 0 Å². The molecule has 0 N–H and O–H groups in total. The topological polar surface area (TPSA) is 37.4 Å². The number of carbonyl (C=O) groups is 2. The molecule has 0 heterocycles. The predicted octanol–water partition coefficient (Wildman–Crippen LogP) is 1.80. The molecule has 1 unspecified atom stereocenters. The predicted molar refractivity (Wildman–Crippen MR) is 61.4 cm³/mol. The summed E-state index contributed by atoms with van der Waals surface area (Å²) in [6.45, 7) is 11.4. The SMILES string of the molecule is C=CCN(CC=C)C(=O)C(CC)C(C)=O. The first-order valence-corrected chi connectivity index (χ1v) is 5.09. The minimum absolute atomic E-state index is 0.0828. The van der Waals surface area contributed by atoms with Crippen LogP contribution >= 0.6 is 0 Å². The van der Waals surface area contributed by atoms with Crippen LogP contribution in [-0.4, -0.2) is 29.7 Å². The van der Waals surface area contributed by atoms with E-state index in [1.807, 2.05) is 6.92 Å². The van der Waals surface area contributed by atoms with Crippen molar-refractivity contribution in [3.8, 4) is 0 Å². The van der Waals surface area contributed by atoms with E-state index >= 15 is 0 Å². The van der Waals surface area contributed by atoms with Crippen molar-refractivity contribution in [3.05, 3.63) is 25.3 Å². The average Bonchev–Trinajstić information content (AvgIpc) is 2.17. The summed E-state index contributed by atoms with van der Waals surface area (Å²) in [4.78, 5) is 24.7. The maximum Gasteiger partial charge on any atom is 0.233 e. The fraction of sp³-hybridized carbons (Fsp3) is 0.500. The van der Waals surface area contributed by atoms with Crippen LogP contribution in [0.5, 0.6) is 0 Å². The molecule has 0 saturated heterocycles. The Bertz CT molecular complexity index is 248. The van der Waals surface area contributed by atoms with Crippen molar-refractivity contribution < 1.29 is 9.59 Å². The van der Waals surface area contributed by atoms with Gasteiger partial charge in [-0.05, 0) is 13.3 Å². The normalized spacial score (nSPS) is 11.6. The van der Waals surface area contributed by atoms with Crippen molar-refractivity contribution in [3.63, 3.8) is 0 Å². The van der Waals surface area contributed by atoms with E-state index in [9.17, 15) is 9.59 Å². The average molecular weight is 209 g/mol. The summed E-state index contributed by atoms with van der Waals surface area (Å²) in [5.41, 5.74) is 0. The van der Waals surface area contributed by atoms with Crippen molar-refractivity contribution >= 4 is 11.7 Å². The van der Waals surface area contributed by atoms with Gasteiger partial charge >= 0.3 is 0 Å². The van der Waals surface area contributed by atoms with Gasteiger partial charge in [0.15, 0.2) is 0 Å². The highest BCUT2D eigenvalue weighted by atomic mass is 16.2. The van der Waals surface area contributed by atoms with E-state index in [1.54, 1.807) is 17.1 Å². The minimum Gasteiger partial charge on any atom is -0.335 e. The standard InChI is InChI=1S/C12H19NO2/c1-5-8-13(9-6-2)12(15)11(7-3)10(4)14/h5-6,11H,1-2,7-9H2,3-4H3. The number of carbonyl (C=O) groups excluding carboxylic acids is 2. The van der Waals surface area contributed by atoms with Crippen LogP contribution in [0, 0.1) is 5.92 Å². The van der Waals surface area contributed by atoms with Crippen LogP contribution in [0.1, 0.15) is 20.3 Å². The van der Waals surface area contributed by atoms with Gasteiger partial charge in [-0.2, -0.15) is 0 Å². The molecule has 3 heteroatoms. The van der Waals surface area contributed by atoms with E-state index in [0.29, 0.717) is 19.5 Å². The Balaban J connectivity index is 4.64. The number of amides is 1. The molecule has 0 bridgehead atoms. The van der Waals surface area contributed by atoms with Gasteiger partial charge in [-0.3, -0.25) is 9.59 Å². The summed E-state index contributed by atoms with van der Waals surface area (Å²) in [7, 11) is 0. The summed E-state index contributed by atoms with van der Waals surface area (Å²) >= 11 is 0. The first-order chi connectivity index (χ1) is 7.08. The number of rotatable bonds is 7. The molecule has 0 spiro atoms. The van der Waals surface area contributed by atoms with Gasteiger partial charge in [0.1, 0.15) is 5.78 Å². The maximum atomic E-state index is 11.9. The van der Waals surface area contributed by atoms with E-state index in [4.69, 9.17) is 0 Å². The number of nitrogens with zero attached hydrogens (tertiary/aromatic N) is 1. The van der Waals surface area contributed by atoms with Gasteiger partial charge in [-0.25, -0.2) is 0 Å². The van der Waals surface area contributed by atoms with Crippen LogP contribution in [0.4, 0.5) is 0 Å². The highest BCUT2D eigenvalue weighted by molar-refractivity contribution is 6.00. The van der Waals surface area contributed by atoms with E-state index in [2.05, 4.69) is 13.2 Å². The second kappa shape index (κ2) is 6.98. The number of hydrogen-bond donors (Lipinski definition) is 0. The molecule has 84 valence electrons. The molecular weight excluding hydrogens is 190 g/mol.